The van der Waals surface area contributed by atoms with Crippen LogP contribution >= 0.6 is 0 Å². The second-order valence-electron chi connectivity index (χ2n) is 8.64. The van der Waals surface area contributed by atoms with E-state index in [1.54, 1.807) is 0 Å². The van der Waals surface area contributed by atoms with E-state index in [0.717, 1.165) is 18.4 Å². The Morgan fingerprint density at radius 3 is 2.43 bits per heavy atom. The van der Waals surface area contributed by atoms with Crippen molar-refractivity contribution in [2.45, 2.75) is 33.2 Å². The standard InChI is InChI=1S/C24H31N3O3/c1-24(2,16-25)17-27(23(29)18-12-13-18)14-19-8-6-7-11-21(19)26-22(28)15-30-20-9-4-3-5-10-20/h3-11,18H,12-17,25H2,1-2H3,(H,26,28). The molecule has 0 bridgehead atoms. The van der Waals surface area contributed by atoms with Crippen molar-refractivity contribution in [3.63, 3.8) is 0 Å². The Bertz CT molecular complexity index is 863. The van der Waals surface area contributed by atoms with Crippen molar-refractivity contribution < 1.29 is 14.3 Å². The molecule has 1 fully saturated rings. The van der Waals surface area contributed by atoms with E-state index in [9.17, 15) is 9.59 Å². The predicted molar refractivity (Wildman–Crippen MR) is 118 cm³/mol. The average molecular weight is 410 g/mol. The lowest BCUT2D eigenvalue weighted by Gasteiger charge is -2.32. The second kappa shape index (κ2) is 9.76. The van der Waals surface area contributed by atoms with E-state index in [0.29, 0.717) is 31.1 Å². The number of carbonyl (C=O) groups excluding carboxylic acids is 2. The van der Waals surface area contributed by atoms with E-state index in [-0.39, 0.29) is 29.8 Å². The van der Waals surface area contributed by atoms with E-state index >= 15 is 0 Å². The monoisotopic (exact) mass is 409 g/mol. The fraction of sp³-hybridized carbons (Fsp3) is 0.417. The van der Waals surface area contributed by atoms with Crippen molar-refractivity contribution in [1.29, 1.82) is 0 Å². The maximum Gasteiger partial charge on any atom is 0.262 e. The molecule has 0 aromatic heterocycles. The molecule has 30 heavy (non-hydrogen) atoms. The first-order valence-electron chi connectivity index (χ1n) is 10.4. The number of amides is 2. The lowest BCUT2D eigenvalue weighted by atomic mass is 9.92. The lowest BCUT2D eigenvalue weighted by molar-refractivity contribution is -0.134. The Kier molecular flexibility index (Phi) is 7.11. The van der Waals surface area contributed by atoms with E-state index in [1.165, 1.54) is 0 Å². The van der Waals surface area contributed by atoms with Crippen LogP contribution in [-0.4, -0.2) is 36.4 Å². The molecular formula is C24H31N3O3. The van der Waals surface area contributed by atoms with Gasteiger partial charge in [-0.05, 0) is 48.6 Å². The zero-order valence-electron chi connectivity index (χ0n) is 17.8. The Labute approximate surface area is 178 Å². The summed E-state index contributed by atoms with van der Waals surface area (Å²) in [6.07, 6.45) is 1.90. The molecule has 1 aliphatic rings. The number of rotatable bonds is 10. The summed E-state index contributed by atoms with van der Waals surface area (Å²) >= 11 is 0. The van der Waals surface area contributed by atoms with Gasteiger partial charge in [-0.1, -0.05) is 50.2 Å². The van der Waals surface area contributed by atoms with Crippen LogP contribution in [0.5, 0.6) is 5.75 Å². The van der Waals surface area contributed by atoms with Crippen LogP contribution in [0.1, 0.15) is 32.3 Å². The highest BCUT2D eigenvalue weighted by atomic mass is 16.5. The number of ether oxygens (including phenoxy) is 1. The zero-order chi connectivity index (χ0) is 21.6. The summed E-state index contributed by atoms with van der Waals surface area (Å²) in [4.78, 5) is 27.2. The van der Waals surface area contributed by atoms with Gasteiger partial charge in [0.2, 0.25) is 5.91 Å². The Morgan fingerprint density at radius 1 is 1.10 bits per heavy atom. The van der Waals surface area contributed by atoms with Gasteiger partial charge in [0.1, 0.15) is 5.75 Å². The highest BCUT2D eigenvalue weighted by Crippen LogP contribution is 2.33. The molecule has 0 atom stereocenters. The summed E-state index contributed by atoms with van der Waals surface area (Å²) < 4.78 is 5.53. The number of benzene rings is 2. The molecule has 160 valence electrons. The molecule has 1 saturated carbocycles. The van der Waals surface area contributed by atoms with E-state index in [1.807, 2.05) is 59.5 Å². The molecule has 2 aromatic rings. The van der Waals surface area contributed by atoms with Gasteiger partial charge in [0.25, 0.3) is 5.91 Å². The SMILES string of the molecule is CC(C)(CN)CN(Cc1ccccc1NC(=O)COc1ccccc1)C(=O)C1CC1. The van der Waals surface area contributed by atoms with Crippen LogP contribution in [0.2, 0.25) is 0 Å². The van der Waals surface area contributed by atoms with Gasteiger partial charge in [-0.15, -0.1) is 0 Å². The lowest BCUT2D eigenvalue weighted by Crippen LogP contribution is -2.42. The molecule has 0 saturated heterocycles. The van der Waals surface area contributed by atoms with E-state index in [2.05, 4.69) is 19.2 Å². The highest BCUT2D eigenvalue weighted by Gasteiger charge is 2.35. The average Bonchev–Trinajstić information content (AvgIpc) is 3.59. The molecule has 3 N–H and O–H groups in total. The van der Waals surface area contributed by atoms with Gasteiger partial charge in [-0.25, -0.2) is 0 Å². The number of nitrogens with zero attached hydrogens (tertiary/aromatic N) is 1. The number of para-hydroxylation sites is 2. The summed E-state index contributed by atoms with van der Waals surface area (Å²) in [6.45, 7) is 5.57. The molecule has 1 aliphatic carbocycles. The molecule has 6 heteroatoms. The number of nitrogens with two attached hydrogens (primary N) is 1. The van der Waals surface area contributed by atoms with Crippen molar-refractivity contribution in [2.75, 3.05) is 25.0 Å². The molecule has 6 nitrogen and oxygen atoms in total. The first kappa shape index (κ1) is 21.8. The Hall–Kier alpha value is -2.86. The number of anilines is 1. The van der Waals surface area contributed by atoms with Gasteiger partial charge in [-0.2, -0.15) is 0 Å². The van der Waals surface area contributed by atoms with Crippen LogP contribution < -0.4 is 15.8 Å². The molecule has 3 rings (SSSR count). The maximum atomic E-state index is 12.9. The molecule has 0 aliphatic heterocycles. The van der Waals surface area contributed by atoms with E-state index < -0.39 is 0 Å². The van der Waals surface area contributed by atoms with Crippen molar-refractivity contribution in [1.82, 2.24) is 4.90 Å². The molecule has 2 amide bonds. The topological polar surface area (TPSA) is 84.7 Å². The Balaban J connectivity index is 1.67. The summed E-state index contributed by atoms with van der Waals surface area (Å²) in [5, 5.41) is 2.92. The first-order chi connectivity index (χ1) is 14.4. The van der Waals surface area contributed by atoms with Crippen LogP contribution in [0.25, 0.3) is 0 Å². The van der Waals surface area contributed by atoms with Gasteiger partial charge in [0.15, 0.2) is 6.61 Å². The molecule has 0 radical (unpaired) electrons. The molecule has 0 unspecified atom stereocenters. The summed E-state index contributed by atoms with van der Waals surface area (Å²) in [7, 11) is 0. The van der Waals surface area contributed by atoms with Crippen LogP contribution in [0.4, 0.5) is 5.69 Å². The minimum atomic E-state index is -0.242. The molecule has 2 aromatic carbocycles. The quantitative estimate of drug-likeness (QED) is 0.630. The summed E-state index contributed by atoms with van der Waals surface area (Å²) in [5.74, 6) is 0.699. The Morgan fingerprint density at radius 2 is 1.77 bits per heavy atom. The fourth-order valence-electron chi connectivity index (χ4n) is 3.22. The van der Waals surface area contributed by atoms with Crippen molar-refractivity contribution in [3.05, 3.63) is 60.2 Å². The van der Waals surface area contributed by atoms with Crippen molar-refractivity contribution >= 4 is 17.5 Å². The van der Waals surface area contributed by atoms with Gasteiger partial charge in [0.05, 0.1) is 0 Å². The first-order valence-corrected chi connectivity index (χ1v) is 10.4. The number of hydrogen-bond donors (Lipinski definition) is 2. The smallest absolute Gasteiger partial charge is 0.262 e. The number of carbonyl (C=O) groups is 2. The molecule has 0 spiro atoms. The third kappa shape index (κ3) is 6.32. The number of hydrogen-bond acceptors (Lipinski definition) is 4. The largest absolute Gasteiger partial charge is 0.484 e. The van der Waals surface area contributed by atoms with Gasteiger partial charge in [0, 0.05) is 24.7 Å². The third-order valence-corrected chi connectivity index (χ3v) is 5.18. The summed E-state index contributed by atoms with van der Waals surface area (Å²) in [5.41, 5.74) is 7.32. The maximum absolute atomic E-state index is 12.9. The van der Waals surface area contributed by atoms with Crippen LogP contribution in [0.15, 0.2) is 54.6 Å². The van der Waals surface area contributed by atoms with Crippen molar-refractivity contribution in [3.8, 4) is 5.75 Å². The van der Waals surface area contributed by atoms with Crippen LogP contribution in [-0.2, 0) is 16.1 Å². The van der Waals surface area contributed by atoms with E-state index in [4.69, 9.17) is 10.5 Å². The van der Waals surface area contributed by atoms with Crippen molar-refractivity contribution in [2.24, 2.45) is 17.1 Å². The third-order valence-electron chi connectivity index (χ3n) is 5.18. The van der Waals surface area contributed by atoms with Gasteiger partial charge in [-0.3, -0.25) is 9.59 Å². The predicted octanol–water partition coefficient (Wildman–Crippen LogP) is 3.43. The second-order valence-corrected chi connectivity index (χ2v) is 8.64. The number of nitrogens with one attached hydrogen (secondary N) is 1. The van der Waals surface area contributed by atoms with Gasteiger partial charge >= 0.3 is 0 Å². The minimum absolute atomic E-state index is 0.0801. The fourth-order valence-corrected chi connectivity index (χ4v) is 3.22. The minimum Gasteiger partial charge on any atom is -0.484 e. The zero-order valence-corrected chi connectivity index (χ0v) is 17.8. The summed E-state index contributed by atoms with van der Waals surface area (Å²) in [6, 6.07) is 16.8. The molecule has 0 heterocycles. The van der Waals surface area contributed by atoms with Crippen LogP contribution in [0.3, 0.4) is 0 Å². The highest BCUT2D eigenvalue weighted by molar-refractivity contribution is 5.92. The normalized spacial score (nSPS) is 13.6. The molecular weight excluding hydrogens is 378 g/mol. The van der Waals surface area contributed by atoms with Crippen LogP contribution in [0, 0.1) is 11.3 Å². The van der Waals surface area contributed by atoms with Gasteiger partial charge < -0.3 is 20.7 Å².